The molecule has 0 unspecified atom stereocenters. The average Bonchev–Trinajstić information content (AvgIpc) is 2.18. The van der Waals surface area contributed by atoms with Gasteiger partial charge in [0.2, 0.25) is 11.8 Å². The Kier molecular flexibility index (Phi) is 3.23. The second-order valence-corrected chi connectivity index (χ2v) is 3.09. The zero-order valence-corrected chi connectivity index (χ0v) is 8.36. The number of carbonyl (C=O) groups is 2. The summed E-state index contributed by atoms with van der Waals surface area (Å²) < 4.78 is 0. The number of hydrogen-bond donors (Lipinski definition) is 2. The van der Waals surface area contributed by atoms with Crippen LogP contribution >= 0.6 is 0 Å². The van der Waals surface area contributed by atoms with Crippen LogP contribution in [0.4, 0.5) is 0 Å². The average molecular weight is 204 g/mol. The molecule has 0 fully saturated rings. The zero-order valence-electron chi connectivity index (χ0n) is 8.36. The molecular weight excluding hydrogens is 192 g/mol. The summed E-state index contributed by atoms with van der Waals surface area (Å²) in [6.07, 6.45) is 0. The van der Waals surface area contributed by atoms with Gasteiger partial charge in [0, 0.05) is 5.57 Å². The first-order valence-electron chi connectivity index (χ1n) is 4.40. The number of hydrogen-bond acceptors (Lipinski definition) is 2. The van der Waals surface area contributed by atoms with E-state index < -0.39 is 11.8 Å². The van der Waals surface area contributed by atoms with Gasteiger partial charge in [0.1, 0.15) is 0 Å². The van der Waals surface area contributed by atoms with Crippen LogP contribution in [-0.2, 0) is 9.59 Å². The van der Waals surface area contributed by atoms with Gasteiger partial charge in [-0.15, -0.1) is 0 Å². The van der Waals surface area contributed by atoms with Crippen molar-refractivity contribution in [2.24, 2.45) is 11.5 Å². The number of primary amides is 2. The lowest BCUT2D eigenvalue weighted by Gasteiger charge is -2.06. The van der Waals surface area contributed by atoms with Gasteiger partial charge in [-0.3, -0.25) is 9.59 Å². The maximum atomic E-state index is 11.2. The summed E-state index contributed by atoms with van der Waals surface area (Å²) in [5.74, 6) is -1.30. The van der Waals surface area contributed by atoms with Crippen molar-refractivity contribution >= 4 is 17.4 Å². The molecule has 78 valence electrons. The van der Waals surface area contributed by atoms with E-state index in [0.717, 1.165) is 0 Å². The lowest BCUT2D eigenvalue weighted by Crippen LogP contribution is -2.20. The molecule has 0 aromatic heterocycles. The van der Waals surface area contributed by atoms with E-state index in [1.54, 1.807) is 24.3 Å². The molecule has 0 atom stereocenters. The van der Waals surface area contributed by atoms with Gasteiger partial charge in [-0.05, 0) is 12.5 Å². The van der Waals surface area contributed by atoms with E-state index in [0.29, 0.717) is 5.56 Å². The fourth-order valence-electron chi connectivity index (χ4n) is 1.27. The van der Waals surface area contributed by atoms with Gasteiger partial charge in [0.15, 0.2) is 0 Å². The normalized spacial score (nSPS) is 11.8. The van der Waals surface area contributed by atoms with E-state index in [4.69, 9.17) is 11.5 Å². The monoisotopic (exact) mass is 204 g/mol. The van der Waals surface area contributed by atoms with Gasteiger partial charge in [-0.1, -0.05) is 30.3 Å². The van der Waals surface area contributed by atoms with Gasteiger partial charge >= 0.3 is 0 Å². The van der Waals surface area contributed by atoms with Crippen LogP contribution in [0, 0.1) is 0 Å². The molecule has 0 heterocycles. The number of nitrogens with two attached hydrogens (primary N) is 2. The van der Waals surface area contributed by atoms with Crippen LogP contribution in [0.3, 0.4) is 0 Å². The first-order valence-corrected chi connectivity index (χ1v) is 4.40. The Bertz CT molecular complexity index is 421. The molecule has 0 radical (unpaired) electrons. The van der Waals surface area contributed by atoms with E-state index in [1.165, 1.54) is 6.92 Å². The van der Waals surface area contributed by atoms with Crippen LogP contribution in [-0.4, -0.2) is 11.8 Å². The molecule has 2 amide bonds. The highest BCUT2D eigenvalue weighted by molar-refractivity contribution is 6.24. The van der Waals surface area contributed by atoms with E-state index in [-0.39, 0.29) is 11.1 Å². The standard InChI is InChI=1S/C11H12N2O2/c1-7(10(12)14)9(11(13)15)8-5-3-2-4-6-8/h2-6H,1H3,(H2,12,14)(H2,13,15)/b9-7-. The quantitative estimate of drug-likeness (QED) is 0.699. The second kappa shape index (κ2) is 4.41. The van der Waals surface area contributed by atoms with Crippen molar-refractivity contribution in [1.82, 2.24) is 0 Å². The van der Waals surface area contributed by atoms with Gasteiger partial charge in [0.05, 0.1) is 5.57 Å². The van der Waals surface area contributed by atoms with Crippen molar-refractivity contribution in [2.75, 3.05) is 0 Å². The van der Waals surface area contributed by atoms with Gasteiger partial charge in [-0.25, -0.2) is 0 Å². The number of amides is 2. The molecule has 0 aliphatic carbocycles. The molecule has 0 bridgehead atoms. The summed E-state index contributed by atoms with van der Waals surface area (Å²) in [7, 11) is 0. The summed E-state index contributed by atoms with van der Waals surface area (Å²) in [4.78, 5) is 22.2. The van der Waals surface area contributed by atoms with Crippen molar-refractivity contribution in [1.29, 1.82) is 0 Å². The third-order valence-electron chi connectivity index (χ3n) is 2.05. The Morgan fingerprint density at radius 1 is 1.00 bits per heavy atom. The molecule has 1 aromatic carbocycles. The molecular formula is C11H12N2O2. The Morgan fingerprint density at radius 2 is 1.53 bits per heavy atom. The van der Waals surface area contributed by atoms with Gasteiger partial charge < -0.3 is 11.5 Å². The molecule has 1 rings (SSSR count). The first-order chi connectivity index (χ1) is 7.04. The van der Waals surface area contributed by atoms with Crippen molar-refractivity contribution in [2.45, 2.75) is 6.92 Å². The summed E-state index contributed by atoms with van der Waals surface area (Å²) in [6.45, 7) is 1.48. The minimum absolute atomic E-state index is 0.170. The minimum atomic E-state index is -0.655. The maximum Gasteiger partial charge on any atom is 0.249 e. The Morgan fingerprint density at radius 3 is 1.93 bits per heavy atom. The van der Waals surface area contributed by atoms with Crippen molar-refractivity contribution in [3.63, 3.8) is 0 Å². The lowest BCUT2D eigenvalue weighted by atomic mass is 10.00. The van der Waals surface area contributed by atoms with Crippen LogP contribution in [0.2, 0.25) is 0 Å². The largest absolute Gasteiger partial charge is 0.366 e. The van der Waals surface area contributed by atoms with E-state index in [2.05, 4.69) is 0 Å². The summed E-state index contributed by atoms with van der Waals surface area (Å²) in [6, 6.07) is 8.72. The van der Waals surface area contributed by atoms with Crippen LogP contribution in [0.25, 0.3) is 5.57 Å². The third kappa shape index (κ3) is 2.43. The third-order valence-corrected chi connectivity index (χ3v) is 2.05. The molecule has 1 aromatic rings. The van der Waals surface area contributed by atoms with Crippen molar-refractivity contribution in [3.05, 3.63) is 41.5 Å². The smallest absolute Gasteiger partial charge is 0.249 e. The molecule has 0 saturated carbocycles. The molecule has 4 nitrogen and oxygen atoms in total. The molecule has 15 heavy (non-hydrogen) atoms. The molecule has 0 spiro atoms. The Labute approximate surface area is 87.6 Å². The first kappa shape index (κ1) is 11.0. The highest BCUT2D eigenvalue weighted by Gasteiger charge is 2.14. The topological polar surface area (TPSA) is 86.2 Å². The van der Waals surface area contributed by atoms with Crippen molar-refractivity contribution < 1.29 is 9.59 Å². The second-order valence-electron chi connectivity index (χ2n) is 3.09. The van der Waals surface area contributed by atoms with Crippen LogP contribution in [0.5, 0.6) is 0 Å². The van der Waals surface area contributed by atoms with E-state index in [9.17, 15) is 9.59 Å². The molecule has 0 aliphatic rings. The zero-order chi connectivity index (χ0) is 11.4. The number of rotatable bonds is 3. The van der Waals surface area contributed by atoms with Crippen molar-refractivity contribution in [3.8, 4) is 0 Å². The van der Waals surface area contributed by atoms with Crippen LogP contribution < -0.4 is 11.5 Å². The van der Waals surface area contributed by atoms with Crippen LogP contribution in [0.15, 0.2) is 35.9 Å². The Balaban J connectivity index is 3.34. The highest BCUT2D eigenvalue weighted by Crippen LogP contribution is 2.17. The highest BCUT2D eigenvalue weighted by atomic mass is 16.2. The number of carbonyl (C=O) groups excluding carboxylic acids is 2. The summed E-state index contributed by atoms with van der Waals surface area (Å²) in [5, 5.41) is 0. The predicted molar refractivity (Wildman–Crippen MR) is 57.4 cm³/mol. The fraction of sp³-hybridized carbons (Fsp3) is 0.0909. The van der Waals surface area contributed by atoms with Gasteiger partial charge in [0.25, 0.3) is 0 Å². The molecule has 4 N–H and O–H groups in total. The SMILES string of the molecule is C/C(C(N)=O)=C(/C(N)=O)c1ccccc1. The predicted octanol–water partition coefficient (Wildman–Crippen LogP) is 0.431. The Hall–Kier alpha value is -2.10. The van der Waals surface area contributed by atoms with E-state index in [1.807, 2.05) is 6.07 Å². The molecule has 0 aliphatic heterocycles. The fourth-order valence-corrected chi connectivity index (χ4v) is 1.27. The summed E-state index contributed by atoms with van der Waals surface area (Å²) >= 11 is 0. The lowest BCUT2D eigenvalue weighted by molar-refractivity contribution is -0.115. The minimum Gasteiger partial charge on any atom is -0.366 e. The molecule has 4 heteroatoms. The van der Waals surface area contributed by atoms with E-state index >= 15 is 0 Å². The number of benzene rings is 1. The van der Waals surface area contributed by atoms with Gasteiger partial charge in [-0.2, -0.15) is 0 Å². The summed E-state index contributed by atoms with van der Waals surface area (Å²) in [5.41, 5.74) is 11.3. The van der Waals surface area contributed by atoms with Crippen LogP contribution in [0.1, 0.15) is 12.5 Å². The molecule has 0 saturated heterocycles. The maximum absolute atomic E-state index is 11.2.